The van der Waals surface area contributed by atoms with E-state index in [1.54, 1.807) is 12.0 Å². The Bertz CT molecular complexity index is 953. The van der Waals surface area contributed by atoms with Gasteiger partial charge in [-0.1, -0.05) is 12.1 Å². The van der Waals surface area contributed by atoms with Crippen LogP contribution >= 0.6 is 0 Å². The molecule has 0 aliphatic carbocycles. The van der Waals surface area contributed by atoms with Crippen molar-refractivity contribution in [2.45, 2.75) is 12.6 Å². The summed E-state index contributed by atoms with van der Waals surface area (Å²) in [6, 6.07) is 11.3. The number of likely N-dealkylation sites (N-methyl/N-ethyl adjacent to an activating group) is 1. The molecule has 1 atom stereocenters. The molecular weight excluding hydrogens is 388 g/mol. The quantitative estimate of drug-likeness (QED) is 0.831. The first kappa shape index (κ1) is 20.0. The van der Waals surface area contributed by atoms with Gasteiger partial charge >= 0.3 is 6.09 Å². The number of ether oxygens (including phenoxy) is 3. The largest absolute Gasteiger partial charge is 0.493 e. The number of hydrogen-bond donors (Lipinski definition) is 1. The topological polar surface area (TPSA) is 88.5 Å². The average Bonchev–Trinajstić information content (AvgIpc) is 3.22. The summed E-state index contributed by atoms with van der Waals surface area (Å²) in [5.41, 5.74) is 3.37. The van der Waals surface area contributed by atoms with Crippen LogP contribution in [0, 0.1) is 0 Å². The highest BCUT2D eigenvalue weighted by molar-refractivity contribution is 5.94. The molecule has 8 heteroatoms. The lowest BCUT2D eigenvalue weighted by atomic mass is 9.99. The fourth-order valence-electron chi connectivity index (χ4n) is 3.72. The van der Waals surface area contributed by atoms with Gasteiger partial charge in [-0.3, -0.25) is 9.69 Å². The smallest absolute Gasteiger partial charge is 0.409 e. The molecule has 30 heavy (non-hydrogen) atoms. The van der Waals surface area contributed by atoms with Gasteiger partial charge in [-0.25, -0.2) is 4.79 Å². The number of carboxylic acid groups (broad SMARTS) is 1. The van der Waals surface area contributed by atoms with Crippen LogP contribution in [0.3, 0.4) is 0 Å². The van der Waals surface area contributed by atoms with Crippen LogP contribution in [0.2, 0.25) is 0 Å². The molecule has 2 aromatic rings. The molecule has 2 aromatic carbocycles. The number of amides is 2. The van der Waals surface area contributed by atoms with Crippen LogP contribution in [0.1, 0.15) is 15.9 Å². The summed E-state index contributed by atoms with van der Waals surface area (Å²) in [6.07, 6.45) is -1.20. The van der Waals surface area contributed by atoms with Crippen molar-refractivity contribution < 1.29 is 28.9 Å². The molecule has 1 fully saturated rings. The third kappa shape index (κ3) is 3.78. The summed E-state index contributed by atoms with van der Waals surface area (Å²) in [6.45, 7) is 2.35. The van der Waals surface area contributed by atoms with E-state index < -0.39 is 12.3 Å². The minimum absolute atomic E-state index is 0.00401. The van der Waals surface area contributed by atoms with Gasteiger partial charge in [0, 0.05) is 37.7 Å². The molecule has 2 amide bonds. The van der Waals surface area contributed by atoms with E-state index in [0.29, 0.717) is 49.8 Å². The number of benzene rings is 2. The van der Waals surface area contributed by atoms with Gasteiger partial charge < -0.3 is 24.2 Å². The predicted molar refractivity (Wildman–Crippen MR) is 109 cm³/mol. The molecular formula is C22H24N2O6. The summed E-state index contributed by atoms with van der Waals surface area (Å²) in [4.78, 5) is 26.8. The van der Waals surface area contributed by atoms with E-state index in [2.05, 4.69) is 0 Å². The third-order valence-electron chi connectivity index (χ3n) is 5.50. The van der Waals surface area contributed by atoms with Crippen molar-refractivity contribution in [1.29, 1.82) is 0 Å². The second kappa shape index (κ2) is 8.23. The maximum atomic E-state index is 12.6. The summed E-state index contributed by atoms with van der Waals surface area (Å²) in [5, 5.41) is 9.22. The number of methoxy groups -OCH3 is 1. The highest BCUT2D eigenvalue weighted by Gasteiger charge is 2.32. The first-order valence-electron chi connectivity index (χ1n) is 9.78. The lowest BCUT2D eigenvalue weighted by molar-refractivity contribution is 0.0303. The SMILES string of the molecule is COc1cc(-c2ccc(C(=O)N3CCOCC3)cc2)cc2c1OC(N(C)C(=O)O)C2. The third-order valence-corrected chi connectivity index (χ3v) is 5.50. The second-order valence-electron chi connectivity index (χ2n) is 7.32. The Morgan fingerprint density at radius 2 is 1.83 bits per heavy atom. The summed E-state index contributed by atoms with van der Waals surface area (Å²) < 4.78 is 16.6. The molecule has 158 valence electrons. The monoisotopic (exact) mass is 412 g/mol. The zero-order chi connectivity index (χ0) is 21.3. The standard InChI is InChI=1S/C22H24N2O6/c1-23(22(26)27)19-13-17-11-16(12-18(28-2)20(17)30-19)14-3-5-15(6-4-14)21(25)24-7-9-29-10-8-24/h3-6,11-12,19H,7-10,13H2,1-2H3,(H,26,27). The highest BCUT2D eigenvalue weighted by Crippen LogP contribution is 2.42. The van der Waals surface area contributed by atoms with Crippen molar-refractivity contribution in [2.75, 3.05) is 40.5 Å². The van der Waals surface area contributed by atoms with Crippen LogP contribution in [-0.4, -0.2) is 73.6 Å². The highest BCUT2D eigenvalue weighted by atomic mass is 16.5. The fourth-order valence-corrected chi connectivity index (χ4v) is 3.72. The maximum Gasteiger partial charge on any atom is 0.409 e. The van der Waals surface area contributed by atoms with Gasteiger partial charge in [0.15, 0.2) is 17.7 Å². The number of fused-ring (bicyclic) bond motifs is 1. The zero-order valence-electron chi connectivity index (χ0n) is 17.0. The maximum absolute atomic E-state index is 12.6. The van der Waals surface area contributed by atoms with Gasteiger partial charge in [0.2, 0.25) is 0 Å². The molecule has 0 bridgehead atoms. The Morgan fingerprint density at radius 1 is 1.13 bits per heavy atom. The molecule has 2 aliphatic rings. The van der Waals surface area contributed by atoms with Gasteiger partial charge in [-0.15, -0.1) is 0 Å². The van der Waals surface area contributed by atoms with E-state index in [1.165, 1.54) is 7.05 Å². The normalized spacial score (nSPS) is 17.8. The lowest BCUT2D eigenvalue weighted by Gasteiger charge is -2.26. The molecule has 0 spiro atoms. The number of carbonyl (C=O) groups excluding carboxylic acids is 1. The van der Waals surface area contributed by atoms with Crippen LogP contribution in [0.25, 0.3) is 11.1 Å². The van der Waals surface area contributed by atoms with Crippen molar-refractivity contribution in [3.05, 3.63) is 47.5 Å². The number of nitrogens with zero attached hydrogens (tertiary/aromatic N) is 2. The van der Waals surface area contributed by atoms with Crippen molar-refractivity contribution in [3.8, 4) is 22.6 Å². The first-order valence-corrected chi connectivity index (χ1v) is 9.78. The predicted octanol–water partition coefficient (Wildman–Crippen LogP) is 2.71. The first-order chi connectivity index (χ1) is 14.5. The van der Waals surface area contributed by atoms with Gasteiger partial charge in [-0.05, 0) is 35.4 Å². The minimum atomic E-state index is -1.05. The van der Waals surface area contributed by atoms with Crippen LogP contribution < -0.4 is 9.47 Å². The van der Waals surface area contributed by atoms with Gasteiger partial charge in [0.25, 0.3) is 5.91 Å². The molecule has 2 aliphatic heterocycles. The molecule has 1 saturated heterocycles. The van der Waals surface area contributed by atoms with Gasteiger partial charge in [0.1, 0.15) is 0 Å². The number of carbonyl (C=O) groups is 2. The fraction of sp³-hybridized carbons (Fsp3) is 0.364. The summed E-state index contributed by atoms with van der Waals surface area (Å²) in [7, 11) is 3.04. The minimum Gasteiger partial charge on any atom is -0.493 e. The molecule has 8 nitrogen and oxygen atoms in total. The summed E-state index contributed by atoms with van der Waals surface area (Å²) in [5.74, 6) is 1.13. The molecule has 2 heterocycles. The van der Waals surface area contributed by atoms with Crippen LogP contribution in [-0.2, 0) is 11.2 Å². The van der Waals surface area contributed by atoms with Gasteiger partial charge in [0.05, 0.1) is 20.3 Å². The number of hydrogen-bond acceptors (Lipinski definition) is 5. The molecule has 1 N–H and O–H groups in total. The van der Waals surface area contributed by atoms with Crippen molar-refractivity contribution in [3.63, 3.8) is 0 Å². The van der Waals surface area contributed by atoms with E-state index >= 15 is 0 Å². The summed E-state index contributed by atoms with van der Waals surface area (Å²) >= 11 is 0. The Labute approximate surface area is 174 Å². The lowest BCUT2D eigenvalue weighted by Crippen LogP contribution is -2.40. The second-order valence-corrected chi connectivity index (χ2v) is 7.32. The van der Waals surface area contributed by atoms with Gasteiger partial charge in [-0.2, -0.15) is 0 Å². The van der Waals surface area contributed by atoms with E-state index in [9.17, 15) is 14.7 Å². The number of morpholine rings is 1. The van der Waals surface area contributed by atoms with E-state index in [0.717, 1.165) is 21.6 Å². The molecule has 1 unspecified atom stereocenters. The van der Waals surface area contributed by atoms with Crippen molar-refractivity contribution in [1.82, 2.24) is 9.80 Å². The Hall–Kier alpha value is -3.26. The number of rotatable bonds is 4. The van der Waals surface area contributed by atoms with E-state index in [-0.39, 0.29) is 5.91 Å². The molecule has 0 aromatic heterocycles. The van der Waals surface area contributed by atoms with Crippen molar-refractivity contribution >= 4 is 12.0 Å². The van der Waals surface area contributed by atoms with Crippen LogP contribution in [0.5, 0.6) is 11.5 Å². The van der Waals surface area contributed by atoms with E-state index in [1.807, 2.05) is 36.4 Å². The van der Waals surface area contributed by atoms with Crippen LogP contribution in [0.4, 0.5) is 4.79 Å². The molecule has 0 saturated carbocycles. The zero-order valence-corrected chi connectivity index (χ0v) is 17.0. The Morgan fingerprint density at radius 3 is 2.47 bits per heavy atom. The van der Waals surface area contributed by atoms with Crippen LogP contribution in [0.15, 0.2) is 36.4 Å². The Balaban J connectivity index is 1.57. The molecule has 4 rings (SSSR count). The van der Waals surface area contributed by atoms with Crippen molar-refractivity contribution in [2.24, 2.45) is 0 Å². The average molecular weight is 412 g/mol. The molecule has 0 radical (unpaired) electrons. The Kier molecular flexibility index (Phi) is 5.50. The van der Waals surface area contributed by atoms with E-state index in [4.69, 9.17) is 14.2 Å².